The van der Waals surface area contributed by atoms with E-state index in [0.717, 1.165) is 17.1 Å². The number of nitrogens with one attached hydrogen (secondary N) is 1. The molecule has 0 aromatic heterocycles. The van der Waals surface area contributed by atoms with Crippen LogP contribution < -0.4 is 5.32 Å². The van der Waals surface area contributed by atoms with Crippen molar-refractivity contribution in [3.63, 3.8) is 0 Å². The van der Waals surface area contributed by atoms with Gasteiger partial charge < -0.3 is 5.32 Å². The lowest BCUT2D eigenvalue weighted by Gasteiger charge is -2.02. The second kappa shape index (κ2) is 3.74. The van der Waals surface area contributed by atoms with Crippen LogP contribution in [0.2, 0.25) is 5.02 Å². The van der Waals surface area contributed by atoms with Crippen LogP contribution in [0.1, 0.15) is 11.1 Å². The lowest BCUT2D eigenvalue weighted by molar-refractivity contribution is 0.817. The van der Waals surface area contributed by atoms with Gasteiger partial charge in [0, 0.05) is 11.6 Å². The first-order chi connectivity index (χ1) is 5.24. The Morgan fingerprint density at radius 3 is 2.73 bits per heavy atom. The molecule has 1 aromatic rings. The molecule has 11 heavy (non-hydrogen) atoms. The van der Waals surface area contributed by atoms with Gasteiger partial charge in [0.2, 0.25) is 0 Å². The van der Waals surface area contributed by atoms with Gasteiger partial charge in [-0.3, -0.25) is 0 Å². The van der Waals surface area contributed by atoms with E-state index in [1.54, 1.807) is 0 Å². The summed E-state index contributed by atoms with van der Waals surface area (Å²) in [5, 5.41) is 3.93. The topological polar surface area (TPSA) is 12.0 Å². The minimum atomic E-state index is 0.838. The van der Waals surface area contributed by atoms with E-state index < -0.39 is 0 Å². The quantitative estimate of drug-likeness (QED) is 0.717. The maximum Gasteiger partial charge on any atom is 0.0435 e. The van der Waals surface area contributed by atoms with Crippen molar-refractivity contribution in [2.75, 3.05) is 7.05 Å². The summed E-state index contributed by atoms with van der Waals surface area (Å²) in [5.41, 5.74) is 2.41. The Labute approximate surface area is 72.4 Å². The maximum absolute atomic E-state index is 5.86. The van der Waals surface area contributed by atoms with Gasteiger partial charge in [0.15, 0.2) is 0 Å². The molecule has 0 atom stereocenters. The van der Waals surface area contributed by atoms with E-state index in [1.807, 2.05) is 26.1 Å². The molecule has 60 valence electrons. The molecule has 1 N–H and O–H groups in total. The molecule has 1 nitrogen and oxygen atoms in total. The van der Waals surface area contributed by atoms with Crippen molar-refractivity contribution in [3.8, 4) is 0 Å². The Kier molecular flexibility index (Phi) is 2.92. The molecule has 2 heteroatoms. The Hall–Kier alpha value is -0.530. The zero-order valence-corrected chi connectivity index (χ0v) is 7.57. The van der Waals surface area contributed by atoms with Gasteiger partial charge in [0.05, 0.1) is 0 Å². The fourth-order valence-corrected chi connectivity index (χ4v) is 1.14. The summed E-state index contributed by atoms with van der Waals surface area (Å²) in [5.74, 6) is 0. The van der Waals surface area contributed by atoms with E-state index in [0.29, 0.717) is 0 Å². The zero-order chi connectivity index (χ0) is 8.27. The van der Waals surface area contributed by atoms with Crippen molar-refractivity contribution < 1.29 is 0 Å². The fraction of sp³-hybridized carbons (Fsp3) is 0.333. The lowest BCUT2D eigenvalue weighted by Crippen LogP contribution is -2.04. The smallest absolute Gasteiger partial charge is 0.0435 e. The Morgan fingerprint density at radius 1 is 1.45 bits per heavy atom. The molecule has 0 aliphatic rings. The first kappa shape index (κ1) is 8.57. The molecule has 0 spiro atoms. The fourth-order valence-electron chi connectivity index (χ4n) is 1.02. The van der Waals surface area contributed by atoms with E-state index in [4.69, 9.17) is 11.6 Å². The van der Waals surface area contributed by atoms with Crippen LogP contribution in [0.5, 0.6) is 0 Å². The highest BCUT2D eigenvalue weighted by atomic mass is 35.5. The summed E-state index contributed by atoms with van der Waals surface area (Å²) in [6, 6.07) is 6.06. The average molecular weight is 170 g/mol. The molecule has 0 saturated carbocycles. The summed E-state index contributed by atoms with van der Waals surface area (Å²) in [7, 11) is 1.93. The Bertz CT molecular complexity index is 245. The normalized spacial score (nSPS) is 10.1. The Morgan fingerprint density at radius 2 is 2.18 bits per heavy atom. The predicted molar refractivity (Wildman–Crippen MR) is 49.0 cm³/mol. The van der Waals surface area contributed by atoms with Crippen molar-refractivity contribution in [2.45, 2.75) is 13.5 Å². The number of halogens is 1. The predicted octanol–water partition coefficient (Wildman–Crippen LogP) is 2.37. The third kappa shape index (κ3) is 2.21. The molecule has 0 fully saturated rings. The summed E-state index contributed by atoms with van der Waals surface area (Å²) in [4.78, 5) is 0. The van der Waals surface area contributed by atoms with Crippen LogP contribution in [0.4, 0.5) is 0 Å². The molecular formula is C9H12ClN. The van der Waals surface area contributed by atoms with E-state index >= 15 is 0 Å². The van der Waals surface area contributed by atoms with Crippen LogP contribution in [0.15, 0.2) is 18.2 Å². The molecule has 0 aliphatic carbocycles. The van der Waals surface area contributed by atoms with Crippen molar-refractivity contribution in [1.82, 2.24) is 5.32 Å². The lowest BCUT2D eigenvalue weighted by atomic mass is 10.1. The summed E-state index contributed by atoms with van der Waals surface area (Å²) >= 11 is 5.86. The molecule has 0 unspecified atom stereocenters. The molecule has 0 aliphatic heterocycles. The van der Waals surface area contributed by atoms with Gasteiger partial charge in [-0.05, 0) is 31.2 Å². The Balaban J connectivity index is 2.86. The molecule has 0 bridgehead atoms. The summed E-state index contributed by atoms with van der Waals surface area (Å²) in [6.07, 6.45) is 0. The van der Waals surface area contributed by atoms with Gasteiger partial charge in [0.25, 0.3) is 0 Å². The monoisotopic (exact) mass is 169 g/mol. The van der Waals surface area contributed by atoms with Crippen LogP contribution in [0.25, 0.3) is 0 Å². The molecule has 0 radical (unpaired) electrons. The molecule has 0 amide bonds. The van der Waals surface area contributed by atoms with E-state index in [2.05, 4.69) is 11.4 Å². The molecule has 1 rings (SSSR count). The number of benzene rings is 1. The molecular weight excluding hydrogens is 158 g/mol. The molecule has 1 aromatic carbocycles. The first-order valence-corrected chi connectivity index (χ1v) is 4.01. The van der Waals surface area contributed by atoms with E-state index in [1.165, 1.54) is 5.56 Å². The van der Waals surface area contributed by atoms with Gasteiger partial charge >= 0.3 is 0 Å². The largest absolute Gasteiger partial charge is 0.316 e. The summed E-state index contributed by atoms with van der Waals surface area (Å²) < 4.78 is 0. The standard InChI is InChI=1S/C9H12ClN/c1-7-5-8(6-11-2)3-4-9(7)10/h3-5,11H,6H2,1-2H3. The van der Waals surface area contributed by atoms with Crippen molar-refractivity contribution in [3.05, 3.63) is 34.3 Å². The number of aryl methyl sites for hydroxylation is 1. The third-order valence-corrected chi connectivity index (χ3v) is 2.03. The van der Waals surface area contributed by atoms with E-state index in [9.17, 15) is 0 Å². The van der Waals surface area contributed by atoms with Gasteiger partial charge in [-0.1, -0.05) is 23.7 Å². The SMILES string of the molecule is CNCc1ccc(Cl)c(C)c1. The van der Waals surface area contributed by atoms with Crippen LogP contribution in [-0.2, 0) is 6.54 Å². The van der Waals surface area contributed by atoms with Crippen molar-refractivity contribution >= 4 is 11.6 Å². The van der Waals surface area contributed by atoms with Crippen LogP contribution >= 0.6 is 11.6 Å². The van der Waals surface area contributed by atoms with Crippen LogP contribution in [-0.4, -0.2) is 7.05 Å². The molecule has 0 heterocycles. The molecule has 0 saturated heterocycles. The maximum atomic E-state index is 5.86. The van der Waals surface area contributed by atoms with Gasteiger partial charge in [-0.25, -0.2) is 0 Å². The number of rotatable bonds is 2. The van der Waals surface area contributed by atoms with Gasteiger partial charge in [-0.2, -0.15) is 0 Å². The van der Waals surface area contributed by atoms with Crippen LogP contribution in [0, 0.1) is 6.92 Å². The second-order valence-corrected chi connectivity index (χ2v) is 3.02. The summed E-state index contributed by atoms with van der Waals surface area (Å²) in [6.45, 7) is 2.92. The number of hydrogen-bond acceptors (Lipinski definition) is 1. The highest BCUT2D eigenvalue weighted by Gasteiger charge is 1.95. The average Bonchev–Trinajstić information content (AvgIpc) is 1.98. The van der Waals surface area contributed by atoms with Gasteiger partial charge in [-0.15, -0.1) is 0 Å². The van der Waals surface area contributed by atoms with Crippen LogP contribution in [0.3, 0.4) is 0 Å². The third-order valence-electron chi connectivity index (χ3n) is 1.60. The highest BCUT2D eigenvalue weighted by molar-refractivity contribution is 6.31. The number of hydrogen-bond donors (Lipinski definition) is 1. The highest BCUT2D eigenvalue weighted by Crippen LogP contribution is 2.15. The minimum absolute atomic E-state index is 0.838. The van der Waals surface area contributed by atoms with E-state index in [-0.39, 0.29) is 0 Å². The zero-order valence-electron chi connectivity index (χ0n) is 6.82. The minimum Gasteiger partial charge on any atom is -0.316 e. The first-order valence-electron chi connectivity index (χ1n) is 3.63. The van der Waals surface area contributed by atoms with Gasteiger partial charge in [0.1, 0.15) is 0 Å². The van der Waals surface area contributed by atoms with Crippen molar-refractivity contribution in [2.24, 2.45) is 0 Å². The van der Waals surface area contributed by atoms with Crippen molar-refractivity contribution in [1.29, 1.82) is 0 Å². The second-order valence-electron chi connectivity index (χ2n) is 2.61.